The summed E-state index contributed by atoms with van der Waals surface area (Å²) in [6.07, 6.45) is -0.0267. The van der Waals surface area contributed by atoms with Gasteiger partial charge in [-0.2, -0.15) is 0 Å². The van der Waals surface area contributed by atoms with Crippen LogP contribution in [0.4, 0.5) is 20.2 Å². The predicted octanol–water partition coefficient (Wildman–Crippen LogP) is 3.16. The number of carbonyl (C=O) groups is 2. The molecule has 0 bridgehead atoms. The largest absolute Gasteiger partial charge is 0.465 e. The standard InChI is InChI=1S/C21H22F2N2O4/c1-28-21(27)17-13-16(25-8-10-29-11-9-25)4-6-19(17)24-20(26)7-2-14-12-15(22)3-5-18(14)23/h3-6,12-13H,2,7-11H2,1H3,(H,24,26). The Morgan fingerprint density at radius 2 is 1.90 bits per heavy atom. The highest BCUT2D eigenvalue weighted by Gasteiger charge is 2.18. The molecular formula is C21H22F2N2O4. The van der Waals surface area contributed by atoms with E-state index in [0.717, 1.165) is 23.9 Å². The van der Waals surface area contributed by atoms with Crippen LogP contribution in [0.5, 0.6) is 0 Å². The first-order valence-electron chi connectivity index (χ1n) is 9.27. The van der Waals surface area contributed by atoms with Gasteiger partial charge in [-0.25, -0.2) is 13.6 Å². The van der Waals surface area contributed by atoms with E-state index < -0.39 is 23.5 Å². The number of hydrogen-bond acceptors (Lipinski definition) is 5. The van der Waals surface area contributed by atoms with Gasteiger partial charge in [-0.3, -0.25) is 4.79 Å². The molecule has 1 aliphatic heterocycles. The molecule has 0 aliphatic carbocycles. The maximum absolute atomic E-state index is 13.7. The first-order chi connectivity index (χ1) is 14.0. The van der Waals surface area contributed by atoms with Crippen LogP contribution in [0.1, 0.15) is 22.3 Å². The minimum absolute atomic E-state index is 0.0366. The molecule has 1 aliphatic rings. The minimum Gasteiger partial charge on any atom is -0.465 e. The maximum atomic E-state index is 13.7. The molecule has 2 aromatic rings. The molecule has 8 heteroatoms. The summed E-state index contributed by atoms with van der Waals surface area (Å²) in [7, 11) is 1.27. The fourth-order valence-corrected chi connectivity index (χ4v) is 3.13. The van der Waals surface area contributed by atoms with Gasteiger partial charge in [0.1, 0.15) is 11.6 Å². The third kappa shape index (κ3) is 5.29. The number of rotatable bonds is 6. The molecule has 1 saturated heterocycles. The fraction of sp³-hybridized carbons (Fsp3) is 0.333. The number of methoxy groups -OCH3 is 1. The lowest BCUT2D eigenvalue weighted by Crippen LogP contribution is -2.36. The number of benzene rings is 2. The first kappa shape index (κ1) is 20.7. The quantitative estimate of drug-likeness (QED) is 0.750. The smallest absolute Gasteiger partial charge is 0.340 e. The van der Waals surface area contributed by atoms with Crippen molar-refractivity contribution in [3.8, 4) is 0 Å². The van der Waals surface area contributed by atoms with E-state index >= 15 is 0 Å². The van der Waals surface area contributed by atoms with Crippen LogP contribution < -0.4 is 10.2 Å². The summed E-state index contributed by atoms with van der Waals surface area (Å²) >= 11 is 0. The van der Waals surface area contributed by atoms with E-state index in [9.17, 15) is 18.4 Å². The summed E-state index contributed by atoms with van der Waals surface area (Å²) in [5, 5.41) is 2.66. The molecule has 1 amide bonds. The average molecular weight is 404 g/mol. The number of anilines is 2. The van der Waals surface area contributed by atoms with Crippen molar-refractivity contribution in [2.75, 3.05) is 43.6 Å². The number of nitrogens with zero attached hydrogens (tertiary/aromatic N) is 1. The van der Waals surface area contributed by atoms with Crippen molar-refractivity contribution in [1.29, 1.82) is 0 Å². The molecule has 6 nitrogen and oxygen atoms in total. The van der Waals surface area contributed by atoms with Gasteiger partial charge in [-0.05, 0) is 48.4 Å². The van der Waals surface area contributed by atoms with E-state index in [4.69, 9.17) is 9.47 Å². The molecule has 0 spiro atoms. The molecule has 0 radical (unpaired) electrons. The Kier molecular flexibility index (Phi) is 6.77. The second-order valence-corrected chi connectivity index (χ2v) is 6.60. The number of hydrogen-bond donors (Lipinski definition) is 1. The van der Waals surface area contributed by atoms with Crippen LogP contribution in [0.3, 0.4) is 0 Å². The minimum atomic E-state index is -0.577. The molecule has 1 fully saturated rings. The van der Waals surface area contributed by atoms with Gasteiger partial charge in [0, 0.05) is 25.2 Å². The van der Waals surface area contributed by atoms with E-state index in [0.29, 0.717) is 32.0 Å². The van der Waals surface area contributed by atoms with Crippen molar-refractivity contribution in [3.63, 3.8) is 0 Å². The molecule has 0 aromatic heterocycles. The Bertz CT molecular complexity index is 898. The lowest BCUT2D eigenvalue weighted by atomic mass is 10.1. The molecular weight excluding hydrogens is 382 g/mol. The highest BCUT2D eigenvalue weighted by Crippen LogP contribution is 2.25. The monoisotopic (exact) mass is 404 g/mol. The Morgan fingerprint density at radius 1 is 1.14 bits per heavy atom. The van der Waals surface area contributed by atoms with Gasteiger partial charge in [-0.15, -0.1) is 0 Å². The van der Waals surface area contributed by atoms with Gasteiger partial charge in [0.15, 0.2) is 0 Å². The number of aryl methyl sites for hydroxylation is 1. The van der Waals surface area contributed by atoms with E-state index in [1.165, 1.54) is 7.11 Å². The first-order valence-corrected chi connectivity index (χ1v) is 9.27. The number of esters is 1. The molecule has 1 N–H and O–H groups in total. The van der Waals surface area contributed by atoms with E-state index in [1.54, 1.807) is 18.2 Å². The lowest BCUT2D eigenvalue weighted by molar-refractivity contribution is -0.116. The van der Waals surface area contributed by atoms with Crippen LogP contribution in [-0.2, 0) is 20.7 Å². The lowest BCUT2D eigenvalue weighted by Gasteiger charge is -2.29. The van der Waals surface area contributed by atoms with Crippen molar-refractivity contribution in [2.24, 2.45) is 0 Å². The van der Waals surface area contributed by atoms with Crippen molar-refractivity contribution < 1.29 is 27.8 Å². The zero-order chi connectivity index (χ0) is 20.8. The van der Waals surface area contributed by atoms with Crippen LogP contribution in [0.15, 0.2) is 36.4 Å². The third-order valence-corrected chi connectivity index (χ3v) is 4.69. The van der Waals surface area contributed by atoms with Gasteiger partial charge >= 0.3 is 5.97 Å². The molecule has 1 heterocycles. The number of ether oxygens (including phenoxy) is 2. The summed E-state index contributed by atoms with van der Waals surface area (Å²) < 4.78 is 37.1. The molecule has 29 heavy (non-hydrogen) atoms. The number of amides is 1. The Balaban J connectivity index is 1.72. The van der Waals surface area contributed by atoms with Crippen LogP contribution >= 0.6 is 0 Å². The predicted molar refractivity (Wildman–Crippen MR) is 104 cm³/mol. The Labute approximate surface area is 167 Å². The maximum Gasteiger partial charge on any atom is 0.340 e. The molecule has 0 unspecified atom stereocenters. The topological polar surface area (TPSA) is 67.9 Å². The molecule has 2 aromatic carbocycles. The van der Waals surface area contributed by atoms with E-state index in [-0.39, 0.29) is 24.0 Å². The van der Waals surface area contributed by atoms with Gasteiger partial charge in [0.05, 0.1) is 31.6 Å². The zero-order valence-electron chi connectivity index (χ0n) is 16.0. The second kappa shape index (κ2) is 9.47. The highest BCUT2D eigenvalue weighted by atomic mass is 19.1. The van der Waals surface area contributed by atoms with Gasteiger partial charge in [-0.1, -0.05) is 0 Å². The normalized spacial score (nSPS) is 13.8. The number of morpholine rings is 1. The van der Waals surface area contributed by atoms with Crippen molar-refractivity contribution in [2.45, 2.75) is 12.8 Å². The van der Waals surface area contributed by atoms with Crippen LogP contribution in [-0.4, -0.2) is 45.3 Å². The molecule has 154 valence electrons. The van der Waals surface area contributed by atoms with E-state index in [2.05, 4.69) is 10.2 Å². The molecule has 0 atom stereocenters. The van der Waals surface area contributed by atoms with Gasteiger partial charge < -0.3 is 19.7 Å². The third-order valence-electron chi connectivity index (χ3n) is 4.69. The Morgan fingerprint density at radius 3 is 2.62 bits per heavy atom. The van der Waals surface area contributed by atoms with Crippen molar-refractivity contribution in [1.82, 2.24) is 0 Å². The summed E-state index contributed by atoms with van der Waals surface area (Å²) in [4.78, 5) is 26.6. The van der Waals surface area contributed by atoms with Crippen molar-refractivity contribution in [3.05, 3.63) is 59.2 Å². The fourth-order valence-electron chi connectivity index (χ4n) is 3.13. The van der Waals surface area contributed by atoms with Gasteiger partial charge in [0.2, 0.25) is 5.91 Å². The second-order valence-electron chi connectivity index (χ2n) is 6.60. The average Bonchev–Trinajstić information content (AvgIpc) is 2.74. The summed E-state index contributed by atoms with van der Waals surface area (Å²) in [5.74, 6) is -2.12. The number of carbonyl (C=O) groups excluding carboxylic acids is 2. The number of nitrogens with one attached hydrogen (secondary N) is 1. The van der Waals surface area contributed by atoms with E-state index in [1.807, 2.05) is 0 Å². The van der Waals surface area contributed by atoms with Crippen LogP contribution in [0.25, 0.3) is 0 Å². The van der Waals surface area contributed by atoms with Gasteiger partial charge in [0.25, 0.3) is 0 Å². The van der Waals surface area contributed by atoms with Crippen molar-refractivity contribution >= 4 is 23.3 Å². The molecule has 3 rings (SSSR count). The summed E-state index contributed by atoms with van der Waals surface area (Å²) in [6.45, 7) is 2.60. The Hall–Kier alpha value is -3.00. The zero-order valence-corrected chi connectivity index (χ0v) is 16.0. The molecule has 0 saturated carbocycles. The SMILES string of the molecule is COC(=O)c1cc(N2CCOCC2)ccc1NC(=O)CCc1cc(F)ccc1F. The highest BCUT2D eigenvalue weighted by molar-refractivity contribution is 6.02. The number of halogens is 2. The summed E-state index contributed by atoms with van der Waals surface area (Å²) in [5.41, 5.74) is 1.48. The summed E-state index contributed by atoms with van der Waals surface area (Å²) in [6, 6.07) is 8.23. The van der Waals surface area contributed by atoms with Crippen LogP contribution in [0, 0.1) is 11.6 Å². The van der Waals surface area contributed by atoms with Crippen LogP contribution in [0.2, 0.25) is 0 Å².